The number of hydrogen-bond donors (Lipinski definition) is 0. The minimum atomic E-state index is -3.78. The van der Waals surface area contributed by atoms with Crippen molar-refractivity contribution in [3.8, 4) is 0 Å². The number of aryl methyl sites for hydroxylation is 2. The molecule has 6 nitrogen and oxygen atoms in total. The van der Waals surface area contributed by atoms with Gasteiger partial charge < -0.3 is 0 Å². The summed E-state index contributed by atoms with van der Waals surface area (Å²) in [6, 6.07) is 10.0. The molecule has 0 radical (unpaired) electrons. The second-order valence-electron chi connectivity index (χ2n) is 5.79. The number of hydrogen-bond acceptors (Lipinski definition) is 5. The van der Waals surface area contributed by atoms with Gasteiger partial charge in [0.05, 0.1) is 11.1 Å². The van der Waals surface area contributed by atoms with Crippen LogP contribution < -0.4 is 0 Å². The smallest absolute Gasteiger partial charge is 0.282 e. The van der Waals surface area contributed by atoms with Gasteiger partial charge in [-0.3, -0.25) is 9.78 Å². The van der Waals surface area contributed by atoms with Gasteiger partial charge >= 0.3 is 0 Å². The summed E-state index contributed by atoms with van der Waals surface area (Å²) in [5.41, 5.74) is 2.76. The summed E-state index contributed by atoms with van der Waals surface area (Å²) in [5, 5.41) is 3.92. The fourth-order valence-corrected chi connectivity index (χ4v) is 3.58. The molecule has 7 heteroatoms. The van der Waals surface area contributed by atoms with Gasteiger partial charge in [0.25, 0.3) is 10.0 Å². The van der Waals surface area contributed by atoms with E-state index in [1.807, 2.05) is 13.8 Å². The Hall–Kier alpha value is -2.80. The Kier molecular flexibility index (Phi) is 4.50. The van der Waals surface area contributed by atoms with E-state index in [1.165, 1.54) is 12.4 Å². The molecule has 0 bridgehead atoms. The highest BCUT2D eigenvalue weighted by Crippen LogP contribution is 2.18. The van der Waals surface area contributed by atoms with Gasteiger partial charge in [-0.1, -0.05) is 12.1 Å². The third kappa shape index (κ3) is 3.51. The van der Waals surface area contributed by atoms with E-state index >= 15 is 0 Å². The largest absolute Gasteiger partial charge is 0.292 e. The molecule has 0 amide bonds. The van der Waals surface area contributed by atoms with Crippen molar-refractivity contribution >= 4 is 15.8 Å². The standard InChI is InChI=1S/C18H17N3O3S/c1-13-6-7-16(9-14(13)2)25(23,24)21-12-15(11-20-21)10-18(22)17-5-3-4-8-19-17/h3-9,11-12H,10H2,1-2H3. The number of ketones is 1. The van der Waals surface area contributed by atoms with Gasteiger partial charge in [-0.2, -0.15) is 17.6 Å². The SMILES string of the molecule is Cc1ccc(S(=O)(=O)n2cc(CC(=O)c3ccccn3)cn2)cc1C. The Morgan fingerprint density at radius 2 is 1.92 bits per heavy atom. The van der Waals surface area contributed by atoms with Crippen molar-refractivity contribution in [2.24, 2.45) is 0 Å². The van der Waals surface area contributed by atoms with Crippen LogP contribution in [-0.4, -0.2) is 28.4 Å². The van der Waals surface area contributed by atoms with Gasteiger partial charge in [0.15, 0.2) is 5.78 Å². The van der Waals surface area contributed by atoms with Gasteiger partial charge in [-0.25, -0.2) is 0 Å². The maximum absolute atomic E-state index is 12.7. The predicted octanol–water partition coefficient (Wildman–Crippen LogP) is 2.56. The van der Waals surface area contributed by atoms with Crippen LogP contribution in [0.5, 0.6) is 0 Å². The molecule has 3 aromatic rings. The molecular formula is C18H17N3O3S. The quantitative estimate of drug-likeness (QED) is 0.657. The molecule has 25 heavy (non-hydrogen) atoms. The molecule has 0 atom stereocenters. The average molecular weight is 355 g/mol. The molecule has 0 saturated heterocycles. The number of aromatic nitrogens is 3. The van der Waals surface area contributed by atoms with Crippen LogP contribution in [0, 0.1) is 13.8 Å². The predicted molar refractivity (Wildman–Crippen MR) is 93.0 cm³/mol. The van der Waals surface area contributed by atoms with E-state index in [4.69, 9.17) is 0 Å². The highest BCUT2D eigenvalue weighted by molar-refractivity contribution is 7.89. The first kappa shape index (κ1) is 17.0. The number of benzene rings is 1. The lowest BCUT2D eigenvalue weighted by atomic mass is 10.1. The zero-order valence-corrected chi connectivity index (χ0v) is 14.7. The third-order valence-electron chi connectivity index (χ3n) is 3.95. The van der Waals surface area contributed by atoms with Crippen molar-refractivity contribution in [2.75, 3.05) is 0 Å². The van der Waals surface area contributed by atoms with E-state index in [9.17, 15) is 13.2 Å². The summed E-state index contributed by atoms with van der Waals surface area (Å²) in [5.74, 6) is -0.191. The Morgan fingerprint density at radius 3 is 2.60 bits per heavy atom. The Bertz CT molecular complexity index is 1020. The minimum absolute atomic E-state index is 0.0411. The normalized spacial score (nSPS) is 11.4. The number of pyridine rings is 1. The molecule has 0 aliphatic carbocycles. The summed E-state index contributed by atoms with van der Waals surface area (Å²) in [6.07, 6.45) is 4.34. The molecule has 128 valence electrons. The number of carbonyl (C=O) groups is 1. The first-order valence-electron chi connectivity index (χ1n) is 7.68. The van der Waals surface area contributed by atoms with E-state index in [0.717, 1.165) is 15.2 Å². The van der Waals surface area contributed by atoms with E-state index in [-0.39, 0.29) is 17.1 Å². The fourth-order valence-electron chi connectivity index (χ4n) is 2.35. The van der Waals surface area contributed by atoms with Crippen LogP contribution in [-0.2, 0) is 16.4 Å². The van der Waals surface area contributed by atoms with E-state index in [2.05, 4.69) is 10.1 Å². The van der Waals surface area contributed by atoms with Crippen molar-refractivity contribution in [2.45, 2.75) is 25.2 Å². The third-order valence-corrected chi connectivity index (χ3v) is 5.49. The van der Waals surface area contributed by atoms with E-state index in [1.54, 1.807) is 42.6 Å². The molecule has 0 N–H and O–H groups in total. The Labute approximate surface area is 146 Å². The van der Waals surface area contributed by atoms with Crippen molar-refractivity contribution in [3.63, 3.8) is 0 Å². The molecule has 0 aliphatic heterocycles. The lowest BCUT2D eigenvalue weighted by Crippen LogP contribution is -2.14. The lowest BCUT2D eigenvalue weighted by Gasteiger charge is -2.06. The molecular weight excluding hydrogens is 338 g/mol. The molecule has 0 unspecified atom stereocenters. The summed E-state index contributed by atoms with van der Waals surface area (Å²) < 4.78 is 26.2. The summed E-state index contributed by atoms with van der Waals surface area (Å²) in [4.78, 5) is 16.3. The maximum atomic E-state index is 12.7. The highest BCUT2D eigenvalue weighted by atomic mass is 32.2. The minimum Gasteiger partial charge on any atom is -0.292 e. The Morgan fingerprint density at radius 1 is 1.12 bits per heavy atom. The average Bonchev–Trinajstić information content (AvgIpc) is 3.07. The van der Waals surface area contributed by atoms with Gasteiger partial charge in [-0.05, 0) is 54.8 Å². The van der Waals surface area contributed by atoms with Gasteiger partial charge in [-0.15, -0.1) is 0 Å². The van der Waals surface area contributed by atoms with Crippen molar-refractivity contribution < 1.29 is 13.2 Å². The molecule has 0 spiro atoms. The molecule has 0 saturated carbocycles. The van der Waals surface area contributed by atoms with Crippen LogP contribution in [0.2, 0.25) is 0 Å². The van der Waals surface area contributed by atoms with Crippen LogP contribution in [0.15, 0.2) is 59.9 Å². The van der Waals surface area contributed by atoms with Gasteiger partial charge in [0, 0.05) is 18.8 Å². The van der Waals surface area contributed by atoms with Crippen LogP contribution >= 0.6 is 0 Å². The number of Topliss-reactive ketones (excluding diaryl/α,β-unsaturated/α-hetero) is 1. The molecule has 2 aromatic heterocycles. The van der Waals surface area contributed by atoms with E-state index in [0.29, 0.717) is 11.3 Å². The van der Waals surface area contributed by atoms with E-state index < -0.39 is 10.0 Å². The first-order chi connectivity index (χ1) is 11.9. The van der Waals surface area contributed by atoms with Gasteiger partial charge in [0.1, 0.15) is 5.69 Å². The molecule has 0 aliphatic rings. The molecule has 2 heterocycles. The highest BCUT2D eigenvalue weighted by Gasteiger charge is 2.19. The first-order valence-corrected chi connectivity index (χ1v) is 9.12. The van der Waals surface area contributed by atoms with Crippen LogP contribution in [0.25, 0.3) is 0 Å². The van der Waals surface area contributed by atoms with Crippen LogP contribution in [0.3, 0.4) is 0 Å². The maximum Gasteiger partial charge on any atom is 0.282 e. The Balaban J connectivity index is 1.85. The zero-order valence-electron chi connectivity index (χ0n) is 13.9. The molecule has 3 rings (SSSR count). The summed E-state index contributed by atoms with van der Waals surface area (Å²) >= 11 is 0. The topological polar surface area (TPSA) is 81.9 Å². The molecule has 0 fully saturated rings. The van der Waals surface area contributed by atoms with Crippen molar-refractivity contribution in [1.29, 1.82) is 0 Å². The van der Waals surface area contributed by atoms with Crippen molar-refractivity contribution in [1.82, 2.24) is 14.2 Å². The number of nitrogens with zero attached hydrogens (tertiary/aromatic N) is 3. The number of rotatable bonds is 5. The second kappa shape index (κ2) is 6.60. The fraction of sp³-hybridized carbons (Fsp3) is 0.167. The zero-order chi connectivity index (χ0) is 18.0. The van der Waals surface area contributed by atoms with Crippen LogP contribution in [0.1, 0.15) is 27.2 Å². The molecule has 1 aromatic carbocycles. The monoisotopic (exact) mass is 355 g/mol. The van der Waals surface area contributed by atoms with Crippen molar-refractivity contribution in [3.05, 3.63) is 77.4 Å². The van der Waals surface area contributed by atoms with Crippen LogP contribution in [0.4, 0.5) is 0 Å². The van der Waals surface area contributed by atoms with Gasteiger partial charge in [0.2, 0.25) is 0 Å². The summed E-state index contributed by atoms with van der Waals surface area (Å²) in [6.45, 7) is 3.77. The lowest BCUT2D eigenvalue weighted by molar-refractivity contribution is 0.0988. The summed E-state index contributed by atoms with van der Waals surface area (Å²) in [7, 11) is -3.78. The number of carbonyl (C=O) groups excluding carboxylic acids is 1. The second-order valence-corrected chi connectivity index (χ2v) is 7.58.